The van der Waals surface area contributed by atoms with Crippen LogP contribution in [-0.2, 0) is 11.2 Å². The second-order valence-electron chi connectivity index (χ2n) is 4.77. The van der Waals surface area contributed by atoms with Crippen molar-refractivity contribution in [2.45, 2.75) is 32.1 Å². The first kappa shape index (κ1) is 17.5. The molecule has 0 unspecified atom stereocenters. The van der Waals surface area contributed by atoms with Gasteiger partial charge in [0.2, 0.25) is 0 Å². The first-order valence-electron chi connectivity index (χ1n) is 7.06. The number of hydrogen-bond acceptors (Lipinski definition) is 2. The van der Waals surface area contributed by atoms with Crippen molar-refractivity contribution in [2.75, 3.05) is 13.1 Å². The average molecular weight is 357 g/mol. The summed E-state index contributed by atoms with van der Waals surface area (Å²) in [6.07, 6.45) is 3.24. The summed E-state index contributed by atoms with van der Waals surface area (Å²) in [6, 6.07) is 7.81. The van der Waals surface area contributed by atoms with Crippen molar-refractivity contribution in [3.63, 3.8) is 0 Å². The van der Waals surface area contributed by atoms with Crippen LogP contribution in [-0.4, -0.2) is 30.2 Å². The van der Waals surface area contributed by atoms with Crippen molar-refractivity contribution >= 4 is 27.9 Å². The van der Waals surface area contributed by atoms with Crippen LogP contribution in [0.15, 0.2) is 28.7 Å². The Balaban J connectivity index is 2.02. The number of carboxylic acid groups (broad SMARTS) is 1. The Hall–Kier alpha value is -1.56. The molecule has 0 saturated heterocycles. The highest BCUT2D eigenvalue weighted by Crippen LogP contribution is 2.11. The van der Waals surface area contributed by atoms with Crippen molar-refractivity contribution in [1.29, 1.82) is 0 Å². The monoisotopic (exact) mass is 356 g/mol. The van der Waals surface area contributed by atoms with E-state index in [1.807, 2.05) is 24.3 Å². The normalized spacial score (nSPS) is 10.1. The maximum absolute atomic E-state index is 11.5. The van der Waals surface area contributed by atoms with Gasteiger partial charge in [0.1, 0.15) is 0 Å². The number of rotatable bonds is 9. The van der Waals surface area contributed by atoms with Gasteiger partial charge in [0, 0.05) is 24.0 Å². The third-order valence-electron chi connectivity index (χ3n) is 2.94. The summed E-state index contributed by atoms with van der Waals surface area (Å²) in [5, 5.41) is 14.0. The molecular formula is C15H21BrN2O3. The Bertz CT molecular complexity index is 466. The van der Waals surface area contributed by atoms with Crippen LogP contribution in [0.5, 0.6) is 0 Å². The van der Waals surface area contributed by atoms with E-state index in [9.17, 15) is 9.59 Å². The molecule has 0 aliphatic rings. The summed E-state index contributed by atoms with van der Waals surface area (Å²) in [7, 11) is 0. The summed E-state index contributed by atoms with van der Waals surface area (Å²) < 4.78 is 1.03. The number of hydrogen-bond donors (Lipinski definition) is 3. The van der Waals surface area contributed by atoms with E-state index in [4.69, 9.17) is 5.11 Å². The maximum Gasteiger partial charge on any atom is 0.314 e. The lowest BCUT2D eigenvalue weighted by atomic mass is 10.1. The summed E-state index contributed by atoms with van der Waals surface area (Å²) in [6.45, 7) is 1.16. The highest BCUT2D eigenvalue weighted by molar-refractivity contribution is 9.10. The van der Waals surface area contributed by atoms with E-state index in [1.54, 1.807) is 0 Å². The lowest BCUT2D eigenvalue weighted by Gasteiger charge is -2.07. The number of amides is 2. The highest BCUT2D eigenvalue weighted by Gasteiger charge is 2.00. The molecule has 0 atom stereocenters. The number of unbranched alkanes of at least 4 members (excludes halogenated alkanes) is 2. The minimum atomic E-state index is -0.770. The van der Waals surface area contributed by atoms with Crippen molar-refractivity contribution in [2.24, 2.45) is 0 Å². The van der Waals surface area contributed by atoms with Crippen LogP contribution in [0.3, 0.4) is 0 Å². The van der Waals surface area contributed by atoms with E-state index in [0.29, 0.717) is 19.5 Å². The van der Waals surface area contributed by atoms with Gasteiger partial charge in [-0.3, -0.25) is 4.79 Å². The molecule has 21 heavy (non-hydrogen) atoms. The molecule has 0 fully saturated rings. The fourth-order valence-electron chi connectivity index (χ4n) is 1.86. The van der Waals surface area contributed by atoms with Gasteiger partial charge >= 0.3 is 12.0 Å². The van der Waals surface area contributed by atoms with E-state index >= 15 is 0 Å². The molecule has 0 aliphatic heterocycles. The second kappa shape index (κ2) is 10.2. The van der Waals surface area contributed by atoms with Gasteiger partial charge in [-0.2, -0.15) is 0 Å². The summed E-state index contributed by atoms with van der Waals surface area (Å²) >= 11 is 3.41. The van der Waals surface area contributed by atoms with E-state index in [-0.39, 0.29) is 12.5 Å². The molecule has 1 aromatic rings. The van der Waals surface area contributed by atoms with Crippen LogP contribution in [0.25, 0.3) is 0 Å². The van der Waals surface area contributed by atoms with Crippen LogP contribution in [0.1, 0.15) is 31.2 Å². The van der Waals surface area contributed by atoms with Crippen LogP contribution < -0.4 is 10.6 Å². The second-order valence-corrected chi connectivity index (χ2v) is 5.68. The molecule has 1 rings (SSSR count). The summed E-state index contributed by atoms with van der Waals surface area (Å²) in [5.41, 5.74) is 1.17. The topological polar surface area (TPSA) is 78.4 Å². The smallest absolute Gasteiger partial charge is 0.314 e. The number of carboxylic acids is 1. The molecule has 3 N–H and O–H groups in total. The first-order chi connectivity index (χ1) is 10.1. The number of halogens is 1. The molecule has 0 spiro atoms. The lowest BCUT2D eigenvalue weighted by molar-refractivity contribution is -0.137. The Morgan fingerprint density at radius 1 is 1.10 bits per heavy atom. The van der Waals surface area contributed by atoms with E-state index < -0.39 is 5.97 Å². The van der Waals surface area contributed by atoms with Crippen molar-refractivity contribution in [3.8, 4) is 0 Å². The van der Waals surface area contributed by atoms with Gasteiger partial charge in [0.05, 0.1) is 0 Å². The van der Waals surface area contributed by atoms with Crippen LogP contribution >= 0.6 is 15.9 Å². The number of carbonyl (C=O) groups excluding carboxylic acids is 1. The Morgan fingerprint density at radius 2 is 1.86 bits per heavy atom. The van der Waals surface area contributed by atoms with Gasteiger partial charge in [-0.1, -0.05) is 34.5 Å². The van der Waals surface area contributed by atoms with Gasteiger partial charge in [-0.25, -0.2) is 4.79 Å². The largest absolute Gasteiger partial charge is 0.481 e. The van der Waals surface area contributed by atoms with Crippen molar-refractivity contribution in [1.82, 2.24) is 10.6 Å². The molecule has 5 nitrogen and oxygen atoms in total. The molecule has 0 aromatic heterocycles. The van der Waals surface area contributed by atoms with Crippen LogP contribution in [0, 0.1) is 0 Å². The van der Waals surface area contributed by atoms with Gasteiger partial charge in [-0.05, 0) is 37.0 Å². The van der Waals surface area contributed by atoms with E-state index in [0.717, 1.165) is 23.7 Å². The molecular weight excluding hydrogens is 336 g/mol. The maximum atomic E-state index is 11.5. The minimum Gasteiger partial charge on any atom is -0.481 e. The zero-order valence-electron chi connectivity index (χ0n) is 11.9. The Morgan fingerprint density at radius 3 is 2.57 bits per heavy atom. The highest BCUT2D eigenvalue weighted by atomic mass is 79.9. The number of benzene rings is 1. The quantitative estimate of drug-likeness (QED) is 0.595. The summed E-state index contributed by atoms with van der Waals surface area (Å²) in [4.78, 5) is 21.8. The number of urea groups is 1. The molecule has 2 amide bonds. The van der Waals surface area contributed by atoms with Gasteiger partial charge in [0.15, 0.2) is 0 Å². The fraction of sp³-hybridized carbons (Fsp3) is 0.467. The zero-order chi connectivity index (χ0) is 15.5. The molecule has 1 aromatic carbocycles. The number of carbonyl (C=O) groups is 2. The van der Waals surface area contributed by atoms with Gasteiger partial charge in [-0.15, -0.1) is 0 Å². The number of aliphatic carboxylic acids is 1. The average Bonchev–Trinajstić information content (AvgIpc) is 2.42. The standard InChI is InChI=1S/C15H21BrN2O3/c16-13-6-4-5-12(11-13)8-10-18-15(21)17-9-3-1-2-7-14(19)20/h4-6,11H,1-3,7-10H2,(H,19,20)(H2,17,18,21). The minimum absolute atomic E-state index is 0.178. The SMILES string of the molecule is O=C(O)CCCCCNC(=O)NCCc1cccc(Br)c1. The fourth-order valence-corrected chi connectivity index (χ4v) is 2.30. The predicted molar refractivity (Wildman–Crippen MR) is 85.4 cm³/mol. The summed E-state index contributed by atoms with van der Waals surface area (Å²) in [5.74, 6) is -0.770. The first-order valence-corrected chi connectivity index (χ1v) is 7.85. The van der Waals surface area contributed by atoms with E-state index in [2.05, 4.69) is 26.6 Å². The molecule has 0 bridgehead atoms. The van der Waals surface area contributed by atoms with Gasteiger partial charge in [0.25, 0.3) is 0 Å². The molecule has 116 valence electrons. The van der Waals surface area contributed by atoms with Crippen LogP contribution in [0.4, 0.5) is 4.79 Å². The Kier molecular flexibility index (Phi) is 8.50. The van der Waals surface area contributed by atoms with Crippen LogP contribution in [0.2, 0.25) is 0 Å². The van der Waals surface area contributed by atoms with E-state index in [1.165, 1.54) is 5.56 Å². The Labute approximate surface area is 133 Å². The predicted octanol–water partition coefficient (Wildman–Crippen LogP) is 2.94. The lowest BCUT2D eigenvalue weighted by Crippen LogP contribution is -2.37. The third-order valence-corrected chi connectivity index (χ3v) is 3.43. The number of nitrogens with one attached hydrogen (secondary N) is 2. The molecule has 0 radical (unpaired) electrons. The van der Waals surface area contributed by atoms with Crippen molar-refractivity contribution in [3.05, 3.63) is 34.3 Å². The molecule has 0 heterocycles. The third kappa shape index (κ3) is 9.07. The van der Waals surface area contributed by atoms with Gasteiger partial charge < -0.3 is 15.7 Å². The molecule has 6 heteroatoms. The van der Waals surface area contributed by atoms with Crippen molar-refractivity contribution < 1.29 is 14.7 Å². The molecule has 0 saturated carbocycles. The zero-order valence-corrected chi connectivity index (χ0v) is 13.5. The molecule has 0 aliphatic carbocycles.